The van der Waals surface area contributed by atoms with Gasteiger partial charge in [0.25, 0.3) is 0 Å². The number of nitrogens with zero attached hydrogens (tertiary/aromatic N) is 2. The quantitative estimate of drug-likeness (QED) is 0.759. The van der Waals surface area contributed by atoms with Gasteiger partial charge in [0.1, 0.15) is 5.82 Å². The molecule has 0 aromatic carbocycles. The molecule has 1 heterocycles. The predicted octanol–water partition coefficient (Wildman–Crippen LogP) is 1.21. The minimum Gasteiger partial charge on any atom is -0.394 e. The lowest BCUT2D eigenvalue weighted by molar-refractivity contribution is 0.270. The van der Waals surface area contributed by atoms with Crippen LogP contribution < -0.4 is 4.90 Å². The SMILES string of the molecule is Cc1ccnc(N(C)C(C)CO)c1. The van der Waals surface area contributed by atoms with Crippen molar-refractivity contribution in [2.75, 3.05) is 18.6 Å². The zero-order valence-electron chi connectivity index (χ0n) is 8.36. The van der Waals surface area contributed by atoms with Crippen LogP contribution in [-0.2, 0) is 0 Å². The first-order valence-corrected chi connectivity index (χ1v) is 4.41. The zero-order chi connectivity index (χ0) is 9.84. The summed E-state index contributed by atoms with van der Waals surface area (Å²) in [4.78, 5) is 6.19. The largest absolute Gasteiger partial charge is 0.394 e. The van der Waals surface area contributed by atoms with Gasteiger partial charge in [-0.15, -0.1) is 0 Å². The fourth-order valence-corrected chi connectivity index (χ4v) is 1.06. The summed E-state index contributed by atoms with van der Waals surface area (Å²) in [5.74, 6) is 0.904. The van der Waals surface area contributed by atoms with Crippen LogP contribution >= 0.6 is 0 Å². The number of aryl methyl sites for hydroxylation is 1. The highest BCUT2D eigenvalue weighted by Gasteiger charge is 2.09. The zero-order valence-corrected chi connectivity index (χ0v) is 8.36. The molecule has 0 bridgehead atoms. The maximum absolute atomic E-state index is 8.97. The van der Waals surface area contributed by atoms with E-state index in [0.717, 1.165) is 5.82 Å². The summed E-state index contributed by atoms with van der Waals surface area (Å²) in [6, 6.07) is 4.07. The maximum atomic E-state index is 8.97. The first-order valence-electron chi connectivity index (χ1n) is 4.41. The normalized spacial score (nSPS) is 12.6. The van der Waals surface area contributed by atoms with Crippen LogP contribution in [-0.4, -0.2) is 29.8 Å². The molecule has 0 amide bonds. The van der Waals surface area contributed by atoms with E-state index in [4.69, 9.17) is 5.11 Å². The molecule has 72 valence electrons. The minimum atomic E-state index is 0.106. The van der Waals surface area contributed by atoms with Gasteiger partial charge in [0.2, 0.25) is 0 Å². The van der Waals surface area contributed by atoms with Crippen molar-refractivity contribution in [3.63, 3.8) is 0 Å². The van der Waals surface area contributed by atoms with Crippen molar-refractivity contribution in [3.05, 3.63) is 23.9 Å². The monoisotopic (exact) mass is 180 g/mol. The third-order valence-electron chi connectivity index (χ3n) is 2.19. The molecule has 1 rings (SSSR count). The molecule has 1 aromatic heterocycles. The van der Waals surface area contributed by atoms with Crippen molar-refractivity contribution in [1.82, 2.24) is 4.98 Å². The van der Waals surface area contributed by atoms with Crippen LogP contribution in [0.4, 0.5) is 5.82 Å². The van der Waals surface area contributed by atoms with E-state index in [-0.39, 0.29) is 12.6 Å². The van der Waals surface area contributed by atoms with Gasteiger partial charge in [0, 0.05) is 13.2 Å². The molecule has 1 atom stereocenters. The topological polar surface area (TPSA) is 36.4 Å². The van der Waals surface area contributed by atoms with E-state index in [9.17, 15) is 0 Å². The third kappa shape index (κ3) is 2.42. The van der Waals surface area contributed by atoms with Crippen LogP contribution in [0.2, 0.25) is 0 Å². The highest BCUT2D eigenvalue weighted by molar-refractivity contribution is 5.40. The molecule has 3 heteroatoms. The van der Waals surface area contributed by atoms with E-state index in [1.54, 1.807) is 6.20 Å². The molecule has 1 N–H and O–H groups in total. The number of hydrogen-bond acceptors (Lipinski definition) is 3. The molecule has 3 nitrogen and oxygen atoms in total. The molecular formula is C10H16N2O. The maximum Gasteiger partial charge on any atom is 0.128 e. The first kappa shape index (κ1) is 9.99. The molecule has 0 aliphatic rings. The molecule has 0 fully saturated rings. The Balaban J connectivity index is 2.82. The summed E-state index contributed by atoms with van der Waals surface area (Å²) in [5, 5.41) is 8.97. The minimum absolute atomic E-state index is 0.106. The molecule has 0 saturated heterocycles. The van der Waals surface area contributed by atoms with Crippen molar-refractivity contribution < 1.29 is 5.11 Å². The lowest BCUT2D eigenvalue weighted by Crippen LogP contribution is -2.32. The van der Waals surface area contributed by atoms with Crippen LogP contribution in [0.5, 0.6) is 0 Å². The number of rotatable bonds is 3. The van der Waals surface area contributed by atoms with Crippen molar-refractivity contribution in [3.8, 4) is 0 Å². The molecular weight excluding hydrogens is 164 g/mol. The van der Waals surface area contributed by atoms with Crippen LogP contribution in [0, 0.1) is 6.92 Å². The Morgan fingerprint density at radius 1 is 1.62 bits per heavy atom. The van der Waals surface area contributed by atoms with Gasteiger partial charge in [-0.2, -0.15) is 0 Å². The highest BCUT2D eigenvalue weighted by Crippen LogP contribution is 2.12. The van der Waals surface area contributed by atoms with Crippen molar-refractivity contribution >= 4 is 5.82 Å². The van der Waals surface area contributed by atoms with Gasteiger partial charge in [-0.3, -0.25) is 0 Å². The standard InChI is InChI=1S/C10H16N2O/c1-8-4-5-11-10(6-8)12(3)9(2)7-13/h4-6,9,13H,7H2,1-3H3. The van der Waals surface area contributed by atoms with Gasteiger partial charge < -0.3 is 10.0 Å². The van der Waals surface area contributed by atoms with E-state index in [0.29, 0.717) is 0 Å². The van der Waals surface area contributed by atoms with Crippen LogP contribution in [0.25, 0.3) is 0 Å². The lowest BCUT2D eigenvalue weighted by Gasteiger charge is -2.24. The van der Waals surface area contributed by atoms with E-state index < -0.39 is 0 Å². The summed E-state index contributed by atoms with van der Waals surface area (Å²) < 4.78 is 0. The Morgan fingerprint density at radius 3 is 2.85 bits per heavy atom. The highest BCUT2D eigenvalue weighted by atomic mass is 16.3. The molecule has 1 aromatic rings. The summed E-state index contributed by atoms with van der Waals surface area (Å²) in [6.07, 6.45) is 1.78. The second-order valence-corrected chi connectivity index (χ2v) is 3.33. The van der Waals surface area contributed by atoms with Crippen LogP contribution in [0.3, 0.4) is 0 Å². The predicted molar refractivity (Wildman–Crippen MR) is 53.9 cm³/mol. The molecule has 0 aliphatic carbocycles. The number of pyridine rings is 1. The molecule has 0 spiro atoms. The van der Waals surface area contributed by atoms with Gasteiger partial charge in [-0.05, 0) is 31.5 Å². The summed E-state index contributed by atoms with van der Waals surface area (Å²) in [7, 11) is 1.93. The Morgan fingerprint density at radius 2 is 2.31 bits per heavy atom. The number of aliphatic hydroxyl groups is 1. The van der Waals surface area contributed by atoms with Crippen molar-refractivity contribution in [2.24, 2.45) is 0 Å². The summed E-state index contributed by atoms with van der Waals surface area (Å²) in [6.45, 7) is 4.14. The van der Waals surface area contributed by atoms with Crippen LogP contribution in [0.1, 0.15) is 12.5 Å². The Labute approximate surface area is 79.0 Å². The van der Waals surface area contributed by atoms with Crippen LogP contribution in [0.15, 0.2) is 18.3 Å². The molecule has 0 aliphatic heterocycles. The number of aliphatic hydroxyl groups excluding tert-OH is 1. The first-order chi connectivity index (χ1) is 6.15. The smallest absolute Gasteiger partial charge is 0.128 e. The fourth-order valence-electron chi connectivity index (χ4n) is 1.06. The second kappa shape index (κ2) is 4.23. The van der Waals surface area contributed by atoms with Gasteiger partial charge in [0.05, 0.1) is 12.6 Å². The number of aromatic nitrogens is 1. The average molecular weight is 180 g/mol. The van der Waals surface area contributed by atoms with E-state index in [1.807, 2.05) is 37.9 Å². The van der Waals surface area contributed by atoms with Crippen molar-refractivity contribution in [2.45, 2.75) is 19.9 Å². The number of anilines is 1. The van der Waals surface area contributed by atoms with Gasteiger partial charge in [0.15, 0.2) is 0 Å². The fraction of sp³-hybridized carbons (Fsp3) is 0.500. The second-order valence-electron chi connectivity index (χ2n) is 3.33. The molecule has 0 radical (unpaired) electrons. The lowest BCUT2D eigenvalue weighted by atomic mass is 10.2. The van der Waals surface area contributed by atoms with Gasteiger partial charge in [-0.25, -0.2) is 4.98 Å². The third-order valence-corrected chi connectivity index (χ3v) is 2.19. The van der Waals surface area contributed by atoms with Gasteiger partial charge in [-0.1, -0.05) is 0 Å². The van der Waals surface area contributed by atoms with E-state index >= 15 is 0 Å². The average Bonchev–Trinajstić information content (AvgIpc) is 2.15. The van der Waals surface area contributed by atoms with E-state index in [2.05, 4.69) is 4.98 Å². The van der Waals surface area contributed by atoms with E-state index in [1.165, 1.54) is 5.56 Å². The Kier molecular flexibility index (Phi) is 3.25. The molecule has 1 unspecified atom stereocenters. The Hall–Kier alpha value is -1.09. The number of hydrogen-bond donors (Lipinski definition) is 1. The summed E-state index contributed by atoms with van der Waals surface area (Å²) in [5.41, 5.74) is 1.18. The summed E-state index contributed by atoms with van der Waals surface area (Å²) >= 11 is 0. The number of likely N-dealkylation sites (N-methyl/N-ethyl adjacent to an activating group) is 1. The van der Waals surface area contributed by atoms with Crippen molar-refractivity contribution in [1.29, 1.82) is 0 Å². The molecule has 13 heavy (non-hydrogen) atoms. The molecule has 0 saturated carbocycles. The van der Waals surface area contributed by atoms with Gasteiger partial charge >= 0.3 is 0 Å². The Bertz CT molecular complexity index is 275.